The molecule has 0 heterocycles. The molecular formula is C8H5NO5. The van der Waals surface area contributed by atoms with Crippen LogP contribution < -0.4 is 0 Å². The molecule has 6 nitrogen and oxygen atoms in total. The molecule has 72 valence electrons. The van der Waals surface area contributed by atoms with E-state index in [-0.39, 0.29) is 5.56 Å². The molecule has 1 rings (SSSR count). The van der Waals surface area contributed by atoms with Gasteiger partial charge < -0.3 is 20.1 Å². The SMILES string of the molecule is N#COC(=O)c1cc(O)c(O)c(O)c1. The largest absolute Gasteiger partial charge is 0.504 e. The molecule has 0 fully saturated rings. The Labute approximate surface area is 78.2 Å². The van der Waals surface area contributed by atoms with Gasteiger partial charge in [0.2, 0.25) is 0 Å². The lowest BCUT2D eigenvalue weighted by atomic mass is 10.2. The average Bonchev–Trinajstić information content (AvgIpc) is 2.13. The van der Waals surface area contributed by atoms with E-state index in [1.165, 1.54) is 0 Å². The first-order valence-corrected chi connectivity index (χ1v) is 3.41. The molecule has 0 amide bonds. The van der Waals surface area contributed by atoms with Gasteiger partial charge in [-0.2, -0.15) is 0 Å². The summed E-state index contributed by atoms with van der Waals surface area (Å²) in [7, 11) is 0. The maximum atomic E-state index is 10.9. The second-order valence-electron chi connectivity index (χ2n) is 2.34. The van der Waals surface area contributed by atoms with E-state index in [9.17, 15) is 4.79 Å². The standard InChI is InChI=1S/C8H5NO5/c9-3-14-8(13)4-1-5(10)7(12)6(11)2-4/h1-2,10-12H. The number of rotatable bonds is 1. The summed E-state index contributed by atoms with van der Waals surface area (Å²) in [4.78, 5) is 10.9. The fourth-order valence-electron chi connectivity index (χ4n) is 0.822. The van der Waals surface area contributed by atoms with Crippen LogP contribution in [-0.2, 0) is 4.74 Å². The Morgan fingerprint density at radius 1 is 1.29 bits per heavy atom. The van der Waals surface area contributed by atoms with E-state index in [0.29, 0.717) is 0 Å². The van der Waals surface area contributed by atoms with Crippen LogP contribution in [0.5, 0.6) is 17.2 Å². The van der Waals surface area contributed by atoms with Gasteiger partial charge in [-0.1, -0.05) is 0 Å². The van der Waals surface area contributed by atoms with Crippen molar-refractivity contribution in [3.05, 3.63) is 17.7 Å². The number of hydrogen-bond acceptors (Lipinski definition) is 6. The first-order valence-electron chi connectivity index (χ1n) is 3.41. The van der Waals surface area contributed by atoms with Gasteiger partial charge in [0.05, 0.1) is 5.56 Å². The molecule has 0 aromatic heterocycles. The van der Waals surface area contributed by atoms with Gasteiger partial charge in [-0.3, -0.25) is 0 Å². The number of nitrogens with zero attached hydrogens (tertiary/aromatic N) is 1. The van der Waals surface area contributed by atoms with E-state index in [2.05, 4.69) is 4.74 Å². The summed E-state index contributed by atoms with van der Waals surface area (Å²) in [5.74, 6) is -3.11. The van der Waals surface area contributed by atoms with Crippen LogP contribution in [0.15, 0.2) is 12.1 Å². The van der Waals surface area contributed by atoms with Gasteiger partial charge >= 0.3 is 5.97 Å². The Balaban J connectivity index is 3.14. The van der Waals surface area contributed by atoms with Crippen molar-refractivity contribution >= 4 is 5.97 Å². The maximum absolute atomic E-state index is 10.9. The van der Waals surface area contributed by atoms with Crippen LogP contribution >= 0.6 is 0 Å². The van der Waals surface area contributed by atoms with Gasteiger partial charge in [-0.05, 0) is 12.1 Å². The molecule has 0 bridgehead atoms. The van der Waals surface area contributed by atoms with Gasteiger partial charge in [-0.15, -0.1) is 5.26 Å². The van der Waals surface area contributed by atoms with Crippen molar-refractivity contribution in [3.63, 3.8) is 0 Å². The predicted molar refractivity (Wildman–Crippen MR) is 42.5 cm³/mol. The van der Waals surface area contributed by atoms with Gasteiger partial charge in [0.15, 0.2) is 17.2 Å². The third kappa shape index (κ3) is 1.67. The Morgan fingerprint density at radius 3 is 2.21 bits per heavy atom. The van der Waals surface area contributed by atoms with Crippen LogP contribution in [-0.4, -0.2) is 21.3 Å². The summed E-state index contributed by atoms with van der Waals surface area (Å²) in [5, 5.41) is 34.9. The summed E-state index contributed by atoms with van der Waals surface area (Å²) < 4.78 is 3.94. The van der Waals surface area contributed by atoms with Crippen molar-refractivity contribution in [3.8, 4) is 23.5 Å². The second kappa shape index (κ2) is 3.53. The Morgan fingerprint density at radius 2 is 1.79 bits per heavy atom. The normalized spacial score (nSPS) is 9.07. The van der Waals surface area contributed by atoms with E-state index in [0.717, 1.165) is 18.4 Å². The Hall–Kier alpha value is -2.42. The highest BCUT2D eigenvalue weighted by Crippen LogP contribution is 2.35. The first kappa shape index (κ1) is 9.67. The molecule has 0 radical (unpaired) electrons. The van der Waals surface area contributed by atoms with E-state index in [1.54, 1.807) is 0 Å². The van der Waals surface area contributed by atoms with Crippen molar-refractivity contribution in [2.75, 3.05) is 0 Å². The minimum Gasteiger partial charge on any atom is -0.504 e. The van der Waals surface area contributed by atoms with E-state index in [4.69, 9.17) is 20.6 Å². The summed E-state index contributed by atoms with van der Waals surface area (Å²) in [6.07, 6.45) is 1.14. The molecule has 0 aliphatic heterocycles. The minimum absolute atomic E-state index is 0.237. The van der Waals surface area contributed by atoms with Crippen LogP contribution in [0.1, 0.15) is 10.4 Å². The number of esters is 1. The molecule has 6 heteroatoms. The van der Waals surface area contributed by atoms with E-state index in [1.807, 2.05) is 0 Å². The van der Waals surface area contributed by atoms with E-state index < -0.39 is 23.2 Å². The maximum Gasteiger partial charge on any atom is 0.353 e. The number of ether oxygens (including phenoxy) is 1. The van der Waals surface area contributed by atoms with Crippen LogP contribution in [0.3, 0.4) is 0 Å². The number of aromatic hydroxyl groups is 3. The van der Waals surface area contributed by atoms with Crippen molar-refractivity contribution < 1.29 is 24.9 Å². The van der Waals surface area contributed by atoms with Gasteiger partial charge in [-0.25, -0.2) is 4.79 Å². The molecule has 0 saturated heterocycles. The second-order valence-corrected chi connectivity index (χ2v) is 2.34. The molecule has 0 aliphatic rings. The Kier molecular flexibility index (Phi) is 2.44. The lowest BCUT2D eigenvalue weighted by molar-refractivity contribution is 0.0684. The zero-order valence-corrected chi connectivity index (χ0v) is 6.76. The summed E-state index contributed by atoms with van der Waals surface area (Å²) in [6.45, 7) is 0. The summed E-state index contributed by atoms with van der Waals surface area (Å²) in [5.41, 5.74) is -0.237. The van der Waals surface area contributed by atoms with Crippen molar-refractivity contribution in [2.24, 2.45) is 0 Å². The number of hydrogen-bond donors (Lipinski definition) is 3. The molecule has 0 unspecified atom stereocenters. The van der Waals surface area contributed by atoms with Crippen LogP contribution in [0.4, 0.5) is 0 Å². The van der Waals surface area contributed by atoms with Crippen molar-refractivity contribution in [2.45, 2.75) is 0 Å². The number of carbonyl (C=O) groups excluding carboxylic acids is 1. The zero-order valence-electron chi connectivity index (χ0n) is 6.76. The molecular weight excluding hydrogens is 190 g/mol. The topological polar surface area (TPSA) is 111 Å². The fourth-order valence-corrected chi connectivity index (χ4v) is 0.822. The molecule has 0 atom stereocenters. The third-order valence-corrected chi connectivity index (χ3v) is 1.44. The van der Waals surface area contributed by atoms with E-state index >= 15 is 0 Å². The Bertz CT molecular complexity index is 397. The van der Waals surface area contributed by atoms with Crippen LogP contribution in [0, 0.1) is 11.5 Å². The lowest BCUT2D eigenvalue weighted by Crippen LogP contribution is -2.00. The number of phenols is 3. The average molecular weight is 195 g/mol. The van der Waals surface area contributed by atoms with Crippen molar-refractivity contribution in [1.82, 2.24) is 0 Å². The molecule has 0 spiro atoms. The monoisotopic (exact) mass is 195 g/mol. The summed E-state index contributed by atoms with van der Waals surface area (Å²) >= 11 is 0. The number of carbonyl (C=O) groups is 1. The third-order valence-electron chi connectivity index (χ3n) is 1.44. The molecule has 1 aromatic rings. The molecule has 14 heavy (non-hydrogen) atoms. The first-order chi connectivity index (χ1) is 6.56. The molecule has 0 aliphatic carbocycles. The lowest BCUT2D eigenvalue weighted by Gasteiger charge is -2.02. The molecule has 1 aromatic carbocycles. The van der Waals surface area contributed by atoms with Crippen molar-refractivity contribution in [1.29, 1.82) is 5.26 Å². The molecule has 0 saturated carbocycles. The number of phenolic OH excluding ortho intramolecular Hbond substituents is 3. The highest BCUT2D eigenvalue weighted by Gasteiger charge is 2.14. The molecule has 3 N–H and O–H groups in total. The van der Waals surface area contributed by atoms with Gasteiger partial charge in [0.25, 0.3) is 6.26 Å². The summed E-state index contributed by atoms with van der Waals surface area (Å²) in [6, 6.07) is 1.74. The predicted octanol–water partition coefficient (Wildman–Crippen LogP) is 0.441. The van der Waals surface area contributed by atoms with Gasteiger partial charge in [0, 0.05) is 0 Å². The van der Waals surface area contributed by atoms with Crippen LogP contribution in [0.25, 0.3) is 0 Å². The number of nitriles is 1. The smallest absolute Gasteiger partial charge is 0.353 e. The van der Waals surface area contributed by atoms with Crippen LogP contribution in [0.2, 0.25) is 0 Å². The fraction of sp³-hybridized carbons (Fsp3) is 0. The highest BCUT2D eigenvalue weighted by molar-refractivity contribution is 5.91. The van der Waals surface area contributed by atoms with Gasteiger partial charge in [0.1, 0.15) is 0 Å². The minimum atomic E-state index is -1.03. The zero-order chi connectivity index (χ0) is 10.7. The number of benzene rings is 1. The quantitative estimate of drug-likeness (QED) is 0.340. The highest BCUT2D eigenvalue weighted by atomic mass is 16.5.